The minimum Gasteiger partial charge on any atom is -0.378 e. The first kappa shape index (κ1) is 24.9. The second kappa shape index (κ2) is 12.5. The van der Waals surface area contributed by atoms with E-state index in [0.29, 0.717) is 0 Å². The van der Waals surface area contributed by atoms with E-state index in [9.17, 15) is 15.8 Å². The Hall–Kier alpha value is -3.33. The highest BCUT2D eigenvalue weighted by Crippen LogP contribution is 2.38. The first-order valence-corrected chi connectivity index (χ1v) is 11.9. The van der Waals surface area contributed by atoms with Crippen molar-refractivity contribution < 1.29 is 0 Å². The number of nitriles is 3. The lowest BCUT2D eigenvalue weighted by atomic mass is 9.95. The summed E-state index contributed by atoms with van der Waals surface area (Å²) in [6, 6.07) is 14.3. The van der Waals surface area contributed by atoms with Gasteiger partial charge in [0.25, 0.3) is 0 Å². The van der Waals surface area contributed by atoms with Crippen molar-refractivity contribution in [3.8, 4) is 18.2 Å². The van der Waals surface area contributed by atoms with Gasteiger partial charge in [0.05, 0.1) is 10.5 Å². The molecule has 0 aliphatic rings. The van der Waals surface area contributed by atoms with Crippen LogP contribution < -0.4 is 4.90 Å². The molecule has 164 valence electrons. The third-order valence-corrected chi connectivity index (χ3v) is 6.61. The summed E-state index contributed by atoms with van der Waals surface area (Å²) < 4.78 is 0. The van der Waals surface area contributed by atoms with Crippen LogP contribution in [0.2, 0.25) is 0 Å². The molecule has 2 aromatic rings. The zero-order chi connectivity index (χ0) is 23.5. The molecule has 0 saturated carbocycles. The van der Waals surface area contributed by atoms with Crippen molar-refractivity contribution in [1.29, 1.82) is 15.8 Å². The van der Waals surface area contributed by atoms with Gasteiger partial charge >= 0.3 is 0 Å². The molecule has 0 fully saturated rings. The summed E-state index contributed by atoms with van der Waals surface area (Å²) in [5.74, 6) is 0. The minimum absolute atomic E-state index is 0.108. The summed E-state index contributed by atoms with van der Waals surface area (Å²) in [4.78, 5) is 3.96. The number of allylic oxidation sites excluding steroid dienone is 2. The monoisotopic (exact) mass is 442 g/mol. The Bertz CT molecular complexity index is 1080. The smallest absolute Gasteiger partial charge is 0.148 e. The van der Waals surface area contributed by atoms with Gasteiger partial charge in [0.2, 0.25) is 0 Å². The predicted molar refractivity (Wildman–Crippen MR) is 135 cm³/mol. The summed E-state index contributed by atoms with van der Waals surface area (Å²) in [7, 11) is 4.04. The Balaban J connectivity index is 2.61. The Morgan fingerprint density at radius 1 is 0.875 bits per heavy atom. The van der Waals surface area contributed by atoms with Crippen LogP contribution in [0.25, 0.3) is 17.7 Å². The molecule has 0 bridgehead atoms. The fourth-order valence-corrected chi connectivity index (χ4v) is 4.82. The van der Waals surface area contributed by atoms with Crippen molar-refractivity contribution >= 4 is 34.7 Å². The van der Waals surface area contributed by atoms with Gasteiger partial charge in [0.1, 0.15) is 23.8 Å². The van der Waals surface area contributed by atoms with Gasteiger partial charge in [-0.25, -0.2) is 0 Å². The van der Waals surface area contributed by atoms with Crippen LogP contribution in [0.4, 0.5) is 5.69 Å². The molecule has 0 radical (unpaired) electrons. The summed E-state index contributed by atoms with van der Waals surface area (Å²) in [5.41, 5.74) is 4.74. The van der Waals surface area contributed by atoms with E-state index in [4.69, 9.17) is 0 Å². The molecular formula is C27H30N4S. The third kappa shape index (κ3) is 6.10. The van der Waals surface area contributed by atoms with Crippen molar-refractivity contribution in [3.05, 3.63) is 56.3 Å². The lowest BCUT2D eigenvalue weighted by Crippen LogP contribution is -2.07. The number of rotatable bonds is 10. The van der Waals surface area contributed by atoms with Gasteiger partial charge in [-0.2, -0.15) is 15.8 Å². The van der Waals surface area contributed by atoms with Crippen molar-refractivity contribution in [2.75, 3.05) is 19.0 Å². The zero-order valence-electron chi connectivity index (χ0n) is 19.4. The maximum absolute atomic E-state index is 9.79. The number of unbranched alkanes of at least 4 members (excludes halogenated alkanes) is 2. The number of nitrogens with zero attached hydrogens (tertiary/aromatic N) is 4. The number of hydrogen-bond acceptors (Lipinski definition) is 5. The fourth-order valence-electron chi connectivity index (χ4n) is 3.51. The lowest BCUT2D eigenvalue weighted by Gasteiger charge is -2.11. The molecular weight excluding hydrogens is 412 g/mol. The van der Waals surface area contributed by atoms with Crippen LogP contribution in [0.1, 0.15) is 66.0 Å². The van der Waals surface area contributed by atoms with Crippen LogP contribution in [0, 0.1) is 34.0 Å². The molecule has 2 rings (SSSR count). The molecule has 0 aliphatic heterocycles. The largest absolute Gasteiger partial charge is 0.378 e. The van der Waals surface area contributed by atoms with E-state index < -0.39 is 0 Å². The van der Waals surface area contributed by atoms with Crippen LogP contribution in [-0.2, 0) is 12.8 Å². The molecule has 0 spiro atoms. The third-order valence-electron chi connectivity index (χ3n) is 5.36. The molecule has 0 atom stereocenters. The highest BCUT2D eigenvalue weighted by atomic mass is 32.1. The van der Waals surface area contributed by atoms with E-state index in [1.54, 1.807) is 0 Å². The average Bonchev–Trinajstić information content (AvgIpc) is 3.15. The van der Waals surface area contributed by atoms with Crippen LogP contribution in [0.3, 0.4) is 0 Å². The van der Waals surface area contributed by atoms with Gasteiger partial charge in [-0.05, 0) is 60.6 Å². The molecule has 0 amide bonds. The molecule has 4 nitrogen and oxygen atoms in total. The first-order chi connectivity index (χ1) is 15.5. The number of hydrogen-bond donors (Lipinski definition) is 0. The van der Waals surface area contributed by atoms with E-state index in [1.807, 2.05) is 26.2 Å². The zero-order valence-corrected chi connectivity index (χ0v) is 20.2. The lowest BCUT2D eigenvalue weighted by molar-refractivity contribution is 0.761. The molecule has 0 unspecified atom stereocenters. The number of anilines is 1. The Kier molecular flexibility index (Phi) is 9.75. The van der Waals surface area contributed by atoms with Crippen LogP contribution in [0.5, 0.6) is 0 Å². The van der Waals surface area contributed by atoms with Gasteiger partial charge in [0.15, 0.2) is 0 Å². The molecule has 5 heteroatoms. The predicted octanol–water partition coefficient (Wildman–Crippen LogP) is 6.99. The standard InChI is InChI=1S/C27H30N4S/c1-5-7-9-23-24(10-8-6-2)27(25(19-30)21(17-28)18-29)32-26(23)16-13-20-11-14-22(15-12-20)31(3)4/h11-16H,5-10H2,1-4H3/b16-13+. The molecule has 1 aromatic heterocycles. The average molecular weight is 443 g/mol. The Morgan fingerprint density at radius 3 is 1.97 bits per heavy atom. The van der Waals surface area contributed by atoms with E-state index in [-0.39, 0.29) is 11.1 Å². The molecule has 1 aromatic carbocycles. The fraction of sp³-hybridized carbons (Fsp3) is 0.370. The second-order valence-corrected chi connectivity index (χ2v) is 8.92. The topological polar surface area (TPSA) is 74.6 Å². The molecule has 32 heavy (non-hydrogen) atoms. The van der Waals surface area contributed by atoms with Gasteiger partial charge in [0, 0.05) is 24.7 Å². The van der Waals surface area contributed by atoms with E-state index >= 15 is 0 Å². The molecule has 1 heterocycles. The normalized spacial score (nSPS) is 10.4. The summed E-state index contributed by atoms with van der Waals surface area (Å²) in [6.07, 6.45) is 10.2. The van der Waals surface area contributed by atoms with Crippen molar-refractivity contribution in [2.24, 2.45) is 0 Å². The number of thiophene rings is 1. The van der Waals surface area contributed by atoms with Crippen LogP contribution in [0.15, 0.2) is 29.8 Å². The van der Waals surface area contributed by atoms with Crippen molar-refractivity contribution in [1.82, 2.24) is 0 Å². The van der Waals surface area contributed by atoms with E-state index in [0.717, 1.165) is 65.1 Å². The highest BCUT2D eigenvalue weighted by molar-refractivity contribution is 7.14. The molecule has 0 aliphatic carbocycles. The SMILES string of the molecule is CCCCc1c(/C=C/c2ccc(N(C)C)cc2)sc(C(C#N)=C(C#N)C#N)c1CCCC. The Morgan fingerprint density at radius 2 is 1.47 bits per heavy atom. The van der Waals surface area contributed by atoms with Gasteiger partial charge in [-0.3, -0.25) is 0 Å². The number of benzene rings is 1. The summed E-state index contributed by atoms with van der Waals surface area (Å²) in [6.45, 7) is 4.32. The van der Waals surface area contributed by atoms with Crippen LogP contribution >= 0.6 is 11.3 Å². The quantitative estimate of drug-likeness (QED) is 0.371. The Labute approximate surface area is 196 Å². The first-order valence-electron chi connectivity index (χ1n) is 11.1. The molecule has 0 saturated heterocycles. The van der Waals surface area contributed by atoms with Crippen LogP contribution in [-0.4, -0.2) is 14.1 Å². The second-order valence-electron chi connectivity index (χ2n) is 7.86. The summed E-state index contributed by atoms with van der Waals surface area (Å²) in [5, 5.41) is 28.6. The van der Waals surface area contributed by atoms with Crippen molar-refractivity contribution in [2.45, 2.75) is 52.4 Å². The van der Waals surface area contributed by atoms with Gasteiger partial charge < -0.3 is 4.90 Å². The maximum atomic E-state index is 9.79. The van der Waals surface area contributed by atoms with E-state index in [1.165, 1.54) is 16.9 Å². The van der Waals surface area contributed by atoms with Gasteiger partial charge in [-0.15, -0.1) is 11.3 Å². The van der Waals surface area contributed by atoms with E-state index in [2.05, 4.69) is 61.2 Å². The highest BCUT2D eigenvalue weighted by Gasteiger charge is 2.21. The maximum Gasteiger partial charge on any atom is 0.148 e. The summed E-state index contributed by atoms with van der Waals surface area (Å²) >= 11 is 1.53. The van der Waals surface area contributed by atoms with Gasteiger partial charge in [-0.1, -0.05) is 44.9 Å². The molecule has 0 N–H and O–H groups in total. The minimum atomic E-state index is -0.108. The van der Waals surface area contributed by atoms with Crippen molar-refractivity contribution in [3.63, 3.8) is 0 Å².